The Morgan fingerprint density at radius 1 is 1.39 bits per heavy atom. The van der Waals surface area contributed by atoms with Gasteiger partial charge in [0, 0.05) is 13.1 Å². The van der Waals surface area contributed by atoms with Gasteiger partial charge in [-0.1, -0.05) is 6.07 Å². The number of hydrogen-bond donors (Lipinski definition) is 1. The van der Waals surface area contributed by atoms with Crippen LogP contribution in [-0.2, 0) is 12.7 Å². The lowest BCUT2D eigenvalue weighted by Gasteiger charge is -2.18. The average Bonchev–Trinajstić information content (AvgIpc) is 3.27. The zero-order valence-electron chi connectivity index (χ0n) is 13.5. The van der Waals surface area contributed by atoms with Crippen molar-refractivity contribution in [3.63, 3.8) is 0 Å². The van der Waals surface area contributed by atoms with Gasteiger partial charge in [-0.25, -0.2) is 4.99 Å². The van der Waals surface area contributed by atoms with Crippen molar-refractivity contribution in [2.45, 2.75) is 51.6 Å². The Kier molecular flexibility index (Phi) is 5.06. The molecule has 0 spiro atoms. The minimum Gasteiger partial charge on any atom is -0.491 e. The third kappa shape index (κ3) is 4.77. The molecule has 1 aromatic rings. The summed E-state index contributed by atoms with van der Waals surface area (Å²) < 4.78 is 45.1. The smallest absolute Gasteiger partial charge is 0.416 e. The molecule has 1 aliphatic carbocycles. The molecule has 0 atom stereocenters. The van der Waals surface area contributed by atoms with Gasteiger partial charge in [-0.2, -0.15) is 13.2 Å². The van der Waals surface area contributed by atoms with Gasteiger partial charge in [0.1, 0.15) is 5.75 Å². The van der Waals surface area contributed by atoms with Crippen LogP contribution in [0.2, 0.25) is 0 Å². The number of aliphatic imine (C=N–C) groups is 1. The quantitative estimate of drug-likeness (QED) is 0.665. The molecule has 2 rings (SSSR count). The Morgan fingerprint density at radius 2 is 2.04 bits per heavy atom. The average molecular weight is 329 g/mol. The standard InChI is InChI=1S/C16H22F3N3O/c1-10(2)23-13-7-4-11(14(8-13)16(17,18)19)9-21-15(20)22(3)12-5-6-12/h4,7-8,10,12H,5-6,9H2,1-3H3,(H2,20,21). The molecule has 1 aromatic carbocycles. The van der Waals surface area contributed by atoms with Crippen molar-refractivity contribution in [3.8, 4) is 5.75 Å². The highest BCUT2D eigenvalue weighted by Gasteiger charge is 2.34. The summed E-state index contributed by atoms with van der Waals surface area (Å²) in [5.41, 5.74) is 5.18. The summed E-state index contributed by atoms with van der Waals surface area (Å²) in [4.78, 5) is 5.91. The first kappa shape index (κ1) is 17.4. The molecule has 4 nitrogen and oxygen atoms in total. The highest BCUT2D eigenvalue weighted by molar-refractivity contribution is 5.78. The second-order valence-electron chi connectivity index (χ2n) is 6.00. The normalized spacial score (nSPS) is 15.9. The topological polar surface area (TPSA) is 50.9 Å². The van der Waals surface area contributed by atoms with E-state index in [0.29, 0.717) is 6.04 Å². The summed E-state index contributed by atoms with van der Waals surface area (Å²) >= 11 is 0. The van der Waals surface area contributed by atoms with E-state index in [4.69, 9.17) is 10.5 Å². The molecule has 0 bridgehead atoms. The minimum absolute atomic E-state index is 0.0840. The zero-order chi connectivity index (χ0) is 17.2. The fourth-order valence-corrected chi connectivity index (χ4v) is 2.23. The molecule has 0 amide bonds. The Labute approximate surface area is 134 Å². The van der Waals surface area contributed by atoms with Crippen molar-refractivity contribution in [3.05, 3.63) is 29.3 Å². The van der Waals surface area contributed by atoms with Gasteiger partial charge in [0.15, 0.2) is 5.96 Å². The number of hydrogen-bond acceptors (Lipinski definition) is 2. The van der Waals surface area contributed by atoms with Gasteiger partial charge in [-0.3, -0.25) is 0 Å². The third-order valence-electron chi connectivity index (χ3n) is 3.63. The van der Waals surface area contributed by atoms with Gasteiger partial charge < -0.3 is 15.4 Å². The van der Waals surface area contributed by atoms with E-state index in [2.05, 4.69) is 4.99 Å². The number of alkyl halides is 3. The second kappa shape index (κ2) is 6.68. The monoisotopic (exact) mass is 329 g/mol. The van der Waals surface area contributed by atoms with Gasteiger partial charge in [0.05, 0.1) is 18.2 Å². The van der Waals surface area contributed by atoms with Gasteiger partial charge >= 0.3 is 6.18 Å². The van der Waals surface area contributed by atoms with Crippen molar-refractivity contribution in [2.75, 3.05) is 7.05 Å². The lowest BCUT2D eigenvalue weighted by atomic mass is 10.1. The molecule has 0 saturated heterocycles. The number of nitrogens with zero attached hydrogens (tertiary/aromatic N) is 2. The van der Waals surface area contributed by atoms with Crippen LogP contribution in [0.15, 0.2) is 23.2 Å². The summed E-state index contributed by atoms with van der Waals surface area (Å²) in [6.45, 7) is 3.42. The number of rotatable bonds is 5. The van der Waals surface area contributed by atoms with E-state index in [-0.39, 0.29) is 29.9 Å². The van der Waals surface area contributed by atoms with E-state index in [9.17, 15) is 13.2 Å². The summed E-state index contributed by atoms with van der Waals surface area (Å²) in [7, 11) is 1.81. The van der Waals surface area contributed by atoms with Crippen LogP contribution in [0.1, 0.15) is 37.8 Å². The molecule has 0 aromatic heterocycles. The van der Waals surface area contributed by atoms with Crippen LogP contribution in [0.25, 0.3) is 0 Å². The van der Waals surface area contributed by atoms with Crippen LogP contribution in [0.4, 0.5) is 13.2 Å². The fourth-order valence-electron chi connectivity index (χ4n) is 2.23. The second-order valence-corrected chi connectivity index (χ2v) is 6.00. The first-order valence-corrected chi connectivity index (χ1v) is 7.58. The maximum atomic E-state index is 13.2. The molecule has 0 unspecified atom stereocenters. The van der Waals surface area contributed by atoms with E-state index in [1.54, 1.807) is 20.9 Å². The third-order valence-corrected chi connectivity index (χ3v) is 3.63. The van der Waals surface area contributed by atoms with Crippen LogP contribution in [0.3, 0.4) is 0 Å². The van der Waals surface area contributed by atoms with Crippen molar-refractivity contribution in [2.24, 2.45) is 10.7 Å². The molecule has 0 radical (unpaired) electrons. The molecule has 2 N–H and O–H groups in total. The van der Waals surface area contributed by atoms with Crippen molar-refractivity contribution < 1.29 is 17.9 Å². The van der Waals surface area contributed by atoms with Gasteiger partial charge in [0.2, 0.25) is 0 Å². The van der Waals surface area contributed by atoms with E-state index >= 15 is 0 Å². The molecular formula is C16H22F3N3O. The summed E-state index contributed by atoms with van der Waals surface area (Å²) in [6.07, 6.45) is -2.56. The van der Waals surface area contributed by atoms with E-state index in [0.717, 1.165) is 18.9 Å². The first-order valence-electron chi connectivity index (χ1n) is 7.58. The lowest BCUT2D eigenvalue weighted by Crippen LogP contribution is -2.35. The van der Waals surface area contributed by atoms with Crippen LogP contribution >= 0.6 is 0 Å². The SMILES string of the molecule is CC(C)Oc1ccc(CN=C(N)N(C)C2CC2)c(C(F)(F)F)c1. The Morgan fingerprint density at radius 3 is 2.57 bits per heavy atom. The molecule has 1 fully saturated rings. The van der Waals surface area contributed by atoms with Gasteiger partial charge in [-0.05, 0) is 44.4 Å². The van der Waals surface area contributed by atoms with Crippen LogP contribution < -0.4 is 10.5 Å². The molecule has 0 aliphatic heterocycles. The largest absolute Gasteiger partial charge is 0.491 e. The minimum atomic E-state index is -4.46. The maximum Gasteiger partial charge on any atom is 0.416 e. The molecule has 0 heterocycles. The lowest BCUT2D eigenvalue weighted by molar-refractivity contribution is -0.138. The van der Waals surface area contributed by atoms with E-state index in [1.807, 2.05) is 4.90 Å². The summed E-state index contributed by atoms with van der Waals surface area (Å²) in [5.74, 6) is 0.464. The maximum absolute atomic E-state index is 13.2. The number of benzene rings is 1. The summed E-state index contributed by atoms with van der Waals surface area (Å²) in [5, 5.41) is 0. The summed E-state index contributed by atoms with van der Waals surface area (Å²) in [6, 6.07) is 4.31. The molecular weight excluding hydrogens is 307 g/mol. The van der Waals surface area contributed by atoms with Crippen molar-refractivity contribution in [1.29, 1.82) is 0 Å². The highest BCUT2D eigenvalue weighted by Crippen LogP contribution is 2.35. The van der Waals surface area contributed by atoms with Crippen LogP contribution in [0, 0.1) is 0 Å². The Bertz CT molecular complexity index is 580. The zero-order valence-corrected chi connectivity index (χ0v) is 13.5. The fraction of sp³-hybridized carbons (Fsp3) is 0.562. The van der Waals surface area contributed by atoms with Gasteiger partial charge in [0.25, 0.3) is 0 Å². The van der Waals surface area contributed by atoms with E-state index in [1.165, 1.54) is 12.1 Å². The van der Waals surface area contributed by atoms with Crippen molar-refractivity contribution >= 4 is 5.96 Å². The van der Waals surface area contributed by atoms with Crippen LogP contribution in [0.5, 0.6) is 5.75 Å². The molecule has 1 aliphatic rings. The predicted octanol–water partition coefficient (Wildman–Crippen LogP) is 3.40. The van der Waals surface area contributed by atoms with Crippen LogP contribution in [-0.4, -0.2) is 30.1 Å². The Hall–Kier alpha value is -1.92. The van der Waals surface area contributed by atoms with E-state index < -0.39 is 11.7 Å². The molecule has 128 valence electrons. The molecule has 1 saturated carbocycles. The molecule has 23 heavy (non-hydrogen) atoms. The van der Waals surface area contributed by atoms with Crippen molar-refractivity contribution in [1.82, 2.24) is 4.90 Å². The number of ether oxygens (including phenoxy) is 1. The molecule has 7 heteroatoms. The number of halogens is 3. The number of nitrogens with two attached hydrogens (primary N) is 1. The Balaban J connectivity index is 2.21. The first-order chi connectivity index (χ1) is 10.7. The predicted molar refractivity (Wildman–Crippen MR) is 83.3 cm³/mol. The van der Waals surface area contributed by atoms with Gasteiger partial charge in [-0.15, -0.1) is 0 Å². The highest BCUT2D eigenvalue weighted by atomic mass is 19.4. The number of guanidine groups is 1.